The fraction of sp³-hybridized carbons (Fsp3) is 0.263. The minimum Gasteiger partial charge on any atom is -0.493 e. The number of benzene rings is 1. The van der Waals surface area contributed by atoms with Gasteiger partial charge in [-0.1, -0.05) is 11.2 Å². The van der Waals surface area contributed by atoms with Crippen LogP contribution in [0.15, 0.2) is 52.1 Å². The SMILES string of the molecule is CN=C(NCCc1noc(-c2ccccn2)n1)Nc1ccc(OC)c(OC)c1. The van der Waals surface area contributed by atoms with Gasteiger partial charge in [0.05, 0.1) is 14.2 Å². The Morgan fingerprint density at radius 1 is 1.14 bits per heavy atom. The molecule has 0 aliphatic rings. The zero-order chi connectivity index (χ0) is 19.8. The van der Waals surface area contributed by atoms with Gasteiger partial charge in [0.15, 0.2) is 23.3 Å². The predicted molar refractivity (Wildman–Crippen MR) is 106 cm³/mol. The van der Waals surface area contributed by atoms with Gasteiger partial charge >= 0.3 is 0 Å². The number of nitrogens with one attached hydrogen (secondary N) is 2. The first-order valence-electron chi connectivity index (χ1n) is 8.67. The highest BCUT2D eigenvalue weighted by Gasteiger charge is 2.10. The van der Waals surface area contributed by atoms with Gasteiger partial charge in [0.2, 0.25) is 0 Å². The number of aliphatic imine (C=N–C) groups is 1. The van der Waals surface area contributed by atoms with Crippen molar-refractivity contribution >= 4 is 11.6 Å². The summed E-state index contributed by atoms with van der Waals surface area (Å²) in [6, 6.07) is 11.1. The molecule has 0 spiro atoms. The number of aromatic nitrogens is 3. The van der Waals surface area contributed by atoms with Crippen LogP contribution in [0, 0.1) is 0 Å². The molecule has 0 fully saturated rings. The first-order chi connectivity index (χ1) is 13.7. The molecule has 0 bridgehead atoms. The largest absolute Gasteiger partial charge is 0.493 e. The van der Waals surface area contributed by atoms with Gasteiger partial charge in [-0.3, -0.25) is 9.98 Å². The molecular formula is C19H22N6O3. The first kappa shape index (κ1) is 19.2. The van der Waals surface area contributed by atoms with Crippen LogP contribution in [0.4, 0.5) is 5.69 Å². The first-order valence-corrected chi connectivity index (χ1v) is 8.67. The van der Waals surface area contributed by atoms with Crippen molar-refractivity contribution in [1.82, 2.24) is 20.4 Å². The highest BCUT2D eigenvalue weighted by Crippen LogP contribution is 2.29. The van der Waals surface area contributed by atoms with E-state index in [0.717, 1.165) is 5.69 Å². The third kappa shape index (κ3) is 4.76. The lowest BCUT2D eigenvalue weighted by Crippen LogP contribution is -2.32. The standard InChI is InChI=1S/C19H22N6O3/c1-20-19(23-13-7-8-15(26-2)16(12-13)27-3)22-11-9-17-24-18(28-25-17)14-6-4-5-10-21-14/h4-8,10,12H,9,11H2,1-3H3,(H2,20,22,23). The maximum Gasteiger partial charge on any atom is 0.276 e. The van der Waals surface area contributed by atoms with Crippen molar-refractivity contribution in [3.05, 3.63) is 48.4 Å². The van der Waals surface area contributed by atoms with Gasteiger partial charge in [0.1, 0.15) is 5.69 Å². The Labute approximate surface area is 162 Å². The van der Waals surface area contributed by atoms with Crippen molar-refractivity contribution in [3.63, 3.8) is 0 Å². The lowest BCUT2D eigenvalue weighted by Gasteiger charge is -2.13. The van der Waals surface area contributed by atoms with E-state index in [2.05, 4.69) is 30.8 Å². The van der Waals surface area contributed by atoms with Crippen LogP contribution < -0.4 is 20.1 Å². The Balaban J connectivity index is 1.54. The molecule has 0 unspecified atom stereocenters. The van der Waals surface area contributed by atoms with Crippen LogP contribution in [-0.4, -0.2) is 48.9 Å². The van der Waals surface area contributed by atoms with Gasteiger partial charge in [0, 0.05) is 38.0 Å². The van der Waals surface area contributed by atoms with E-state index in [9.17, 15) is 0 Å². The minimum absolute atomic E-state index is 0.406. The monoisotopic (exact) mass is 382 g/mol. The summed E-state index contributed by atoms with van der Waals surface area (Å²) < 4.78 is 15.8. The summed E-state index contributed by atoms with van der Waals surface area (Å²) in [6.45, 7) is 0.578. The number of hydrogen-bond donors (Lipinski definition) is 2. The molecule has 0 saturated carbocycles. The summed E-state index contributed by atoms with van der Waals surface area (Å²) >= 11 is 0. The second kappa shape index (κ2) is 9.36. The molecule has 28 heavy (non-hydrogen) atoms. The van der Waals surface area contributed by atoms with E-state index in [-0.39, 0.29) is 0 Å². The van der Waals surface area contributed by atoms with Crippen LogP contribution in [0.3, 0.4) is 0 Å². The molecule has 0 aliphatic heterocycles. The van der Waals surface area contributed by atoms with E-state index >= 15 is 0 Å². The molecule has 2 heterocycles. The molecule has 146 valence electrons. The van der Waals surface area contributed by atoms with Crippen molar-refractivity contribution in [3.8, 4) is 23.1 Å². The number of rotatable bonds is 7. The summed E-state index contributed by atoms with van der Waals surface area (Å²) in [5.74, 6) is 2.91. The van der Waals surface area contributed by atoms with Gasteiger partial charge < -0.3 is 24.6 Å². The Morgan fingerprint density at radius 2 is 2.00 bits per heavy atom. The molecule has 0 aliphatic carbocycles. The number of nitrogens with zero attached hydrogens (tertiary/aromatic N) is 4. The molecule has 3 rings (SSSR count). The van der Waals surface area contributed by atoms with Gasteiger partial charge in [-0.25, -0.2) is 0 Å². The summed E-state index contributed by atoms with van der Waals surface area (Å²) in [4.78, 5) is 12.8. The van der Waals surface area contributed by atoms with Crippen molar-refractivity contribution in [2.45, 2.75) is 6.42 Å². The van der Waals surface area contributed by atoms with Crippen LogP contribution in [0.5, 0.6) is 11.5 Å². The van der Waals surface area contributed by atoms with Gasteiger partial charge in [-0.05, 0) is 24.3 Å². The van der Waals surface area contributed by atoms with Crippen LogP contribution >= 0.6 is 0 Å². The van der Waals surface area contributed by atoms with E-state index in [1.165, 1.54) is 0 Å². The maximum absolute atomic E-state index is 5.31. The van der Waals surface area contributed by atoms with Crippen LogP contribution in [0.25, 0.3) is 11.6 Å². The summed E-state index contributed by atoms with van der Waals surface area (Å²) in [6.07, 6.45) is 2.26. The van der Waals surface area contributed by atoms with Crippen molar-refractivity contribution in [2.75, 3.05) is 33.1 Å². The predicted octanol–water partition coefficient (Wildman–Crippen LogP) is 2.38. The van der Waals surface area contributed by atoms with Gasteiger partial charge in [-0.2, -0.15) is 4.98 Å². The fourth-order valence-corrected chi connectivity index (χ4v) is 2.47. The number of guanidine groups is 1. The molecule has 9 nitrogen and oxygen atoms in total. The smallest absolute Gasteiger partial charge is 0.276 e. The molecular weight excluding hydrogens is 360 g/mol. The molecule has 2 N–H and O–H groups in total. The molecule has 0 atom stereocenters. The maximum atomic E-state index is 5.31. The lowest BCUT2D eigenvalue weighted by molar-refractivity contribution is 0.355. The van der Waals surface area contributed by atoms with Crippen LogP contribution in [-0.2, 0) is 6.42 Å². The van der Waals surface area contributed by atoms with Crippen LogP contribution in [0.2, 0.25) is 0 Å². The Bertz CT molecular complexity index is 926. The Morgan fingerprint density at radius 3 is 2.71 bits per heavy atom. The molecule has 3 aromatic rings. The van der Waals surface area contributed by atoms with Gasteiger partial charge in [-0.15, -0.1) is 0 Å². The molecule has 1 aromatic carbocycles. The van der Waals surface area contributed by atoms with Crippen molar-refractivity contribution in [2.24, 2.45) is 4.99 Å². The average molecular weight is 382 g/mol. The zero-order valence-electron chi connectivity index (χ0n) is 16.0. The Hall–Kier alpha value is -3.62. The van der Waals surface area contributed by atoms with E-state index in [4.69, 9.17) is 14.0 Å². The number of pyridine rings is 1. The summed E-state index contributed by atoms with van der Waals surface area (Å²) in [5.41, 5.74) is 1.47. The molecule has 0 radical (unpaired) electrons. The van der Waals surface area contributed by atoms with Crippen molar-refractivity contribution in [1.29, 1.82) is 0 Å². The fourth-order valence-electron chi connectivity index (χ4n) is 2.47. The summed E-state index contributed by atoms with van der Waals surface area (Å²) in [5, 5.41) is 10.4. The minimum atomic E-state index is 0.406. The van der Waals surface area contributed by atoms with E-state index in [1.807, 2.05) is 36.4 Å². The van der Waals surface area contributed by atoms with E-state index < -0.39 is 0 Å². The third-order valence-corrected chi connectivity index (χ3v) is 3.86. The quantitative estimate of drug-likeness (QED) is 0.474. The molecule has 9 heteroatoms. The Kier molecular flexibility index (Phi) is 6.40. The van der Waals surface area contributed by atoms with Crippen LogP contribution in [0.1, 0.15) is 5.82 Å². The van der Waals surface area contributed by atoms with E-state index in [0.29, 0.717) is 47.8 Å². The summed E-state index contributed by atoms with van der Waals surface area (Å²) in [7, 11) is 4.89. The van der Waals surface area contributed by atoms with E-state index in [1.54, 1.807) is 27.5 Å². The lowest BCUT2D eigenvalue weighted by atomic mass is 10.2. The average Bonchev–Trinajstić information content (AvgIpc) is 3.22. The number of methoxy groups -OCH3 is 2. The normalized spacial score (nSPS) is 11.2. The highest BCUT2D eigenvalue weighted by molar-refractivity contribution is 5.93. The third-order valence-electron chi connectivity index (χ3n) is 3.86. The zero-order valence-corrected chi connectivity index (χ0v) is 16.0. The number of hydrogen-bond acceptors (Lipinski definition) is 7. The molecule has 0 amide bonds. The second-order valence-electron chi connectivity index (χ2n) is 5.67. The molecule has 0 saturated heterocycles. The number of ether oxygens (including phenoxy) is 2. The number of anilines is 1. The topological polar surface area (TPSA) is 107 Å². The molecule has 2 aromatic heterocycles. The van der Waals surface area contributed by atoms with Crippen molar-refractivity contribution < 1.29 is 14.0 Å². The highest BCUT2D eigenvalue weighted by atomic mass is 16.5. The second-order valence-corrected chi connectivity index (χ2v) is 5.67. The van der Waals surface area contributed by atoms with Gasteiger partial charge in [0.25, 0.3) is 5.89 Å².